The second-order valence-corrected chi connectivity index (χ2v) is 4.38. The smallest absolute Gasteiger partial charge is 0.293 e. The number of benzene rings is 2. The second kappa shape index (κ2) is 6.04. The van der Waals surface area contributed by atoms with Gasteiger partial charge in [-0.2, -0.15) is 0 Å². The predicted molar refractivity (Wildman–Crippen MR) is 79.5 cm³/mol. The number of nitro benzene ring substituents is 1. The number of methoxy groups -OCH3 is 1. The molecule has 0 fully saturated rings. The first-order valence-electron chi connectivity index (χ1n) is 6.18. The number of anilines is 2. The van der Waals surface area contributed by atoms with Gasteiger partial charge in [0, 0.05) is 30.4 Å². The van der Waals surface area contributed by atoms with Crippen molar-refractivity contribution in [1.29, 1.82) is 0 Å². The van der Waals surface area contributed by atoms with Crippen molar-refractivity contribution in [1.82, 2.24) is 0 Å². The Hall–Kier alpha value is -2.89. The first-order chi connectivity index (χ1) is 10.1. The van der Waals surface area contributed by atoms with Crippen LogP contribution >= 0.6 is 0 Å². The van der Waals surface area contributed by atoms with E-state index in [0.29, 0.717) is 17.7 Å². The molecule has 0 bridgehead atoms. The van der Waals surface area contributed by atoms with Crippen molar-refractivity contribution in [3.63, 3.8) is 0 Å². The lowest BCUT2D eigenvalue weighted by Gasteiger charge is -2.20. The SMILES string of the molecule is COc1cccc(N(C)c2ccc(C=O)cc2[N+](=O)[O-])c1. The Morgan fingerprint density at radius 1 is 1.24 bits per heavy atom. The molecule has 108 valence electrons. The Morgan fingerprint density at radius 2 is 2.00 bits per heavy atom. The lowest BCUT2D eigenvalue weighted by atomic mass is 10.1. The Bertz CT molecular complexity index is 685. The predicted octanol–water partition coefficient (Wildman–Crippen LogP) is 3.18. The van der Waals surface area contributed by atoms with Crippen LogP contribution in [0.2, 0.25) is 0 Å². The maximum absolute atomic E-state index is 11.2. The van der Waals surface area contributed by atoms with E-state index in [1.807, 2.05) is 6.07 Å². The summed E-state index contributed by atoms with van der Waals surface area (Å²) >= 11 is 0. The molecule has 0 atom stereocenters. The summed E-state index contributed by atoms with van der Waals surface area (Å²) in [5, 5.41) is 11.2. The van der Waals surface area contributed by atoms with E-state index in [-0.39, 0.29) is 11.3 Å². The van der Waals surface area contributed by atoms with E-state index in [9.17, 15) is 14.9 Å². The van der Waals surface area contributed by atoms with Crippen LogP contribution in [0.15, 0.2) is 42.5 Å². The van der Waals surface area contributed by atoms with Crippen molar-refractivity contribution < 1.29 is 14.5 Å². The molecule has 6 nitrogen and oxygen atoms in total. The number of hydrogen-bond donors (Lipinski definition) is 0. The third-order valence-electron chi connectivity index (χ3n) is 3.13. The third-order valence-corrected chi connectivity index (χ3v) is 3.13. The molecule has 0 spiro atoms. The maximum Gasteiger partial charge on any atom is 0.293 e. The van der Waals surface area contributed by atoms with Gasteiger partial charge in [0.25, 0.3) is 5.69 Å². The Labute approximate surface area is 121 Å². The van der Waals surface area contributed by atoms with E-state index < -0.39 is 4.92 Å². The summed E-state index contributed by atoms with van der Waals surface area (Å²) in [5.41, 5.74) is 1.30. The van der Waals surface area contributed by atoms with Crippen LogP contribution in [0.3, 0.4) is 0 Å². The summed E-state index contributed by atoms with van der Waals surface area (Å²) in [6, 6.07) is 11.6. The molecular formula is C15H14N2O4. The minimum atomic E-state index is -0.501. The van der Waals surface area contributed by atoms with Crippen LogP contribution < -0.4 is 9.64 Å². The molecule has 0 aliphatic carbocycles. The van der Waals surface area contributed by atoms with Crippen LogP contribution in [0.5, 0.6) is 5.75 Å². The fourth-order valence-electron chi connectivity index (χ4n) is 2.00. The summed E-state index contributed by atoms with van der Waals surface area (Å²) < 4.78 is 5.15. The standard InChI is InChI=1S/C15H14N2O4/c1-16(12-4-3-5-13(9-12)21-2)14-7-6-11(10-18)8-15(14)17(19)20/h3-10H,1-2H3. The number of aldehydes is 1. The lowest BCUT2D eigenvalue weighted by Crippen LogP contribution is -2.11. The summed E-state index contributed by atoms with van der Waals surface area (Å²) in [6.45, 7) is 0. The molecule has 0 saturated heterocycles. The largest absolute Gasteiger partial charge is 0.497 e. The van der Waals surface area contributed by atoms with E-state index in [0.717, 1.165) is 5.69 Å². The van der Waals surface area contributed by atoms with Gasteiger partial charge in [0.1, 0.15) is 17.7 Å². The van der Waals surface area contributed by atoms with Gasteiger partial charge < -0.3 is 9.64 Å². The van der Waals surface area contributed by atoms with Gasteiger partial charge in [-0.05, 0) is 24.3 Å². The number of nitro groups is 1. The molecule has 21 heavy (non-hydrogen) atoms. The highest BCUT2D eigenvalue weighted by Crippen LogP contribution is 2.34. The Morgan fingerprint density at radius 3 is 2.62 bits per heavy atom. The van der Waals surface area contributed by atoms with Gasteiger partial charge in [-0.15, -0.1) is 0 Å². The molecule has 0 aromatic heterocycles. The molecule has 0 saturated carbocycles. The van der Waals surface area contributed by atoms with Gasteiger partial charge in [0.15, 0.2) is 0 Å². The van der Waals surface area contributed by atoms with Gasteiger partial charge in [-0.3, -0.25) is 14.9 Å². The molecule has 0 aliphatic rings. The fraction of sp³-hybridized carbons (Fsp3) is 0.133. The molecule has 2 aromatic carbocycles. The van der Waals surface area contributed by atoms with Crippen LogP contribution in [0, 0.1) is 10.1 Å². The normalized spacial score (nSPS) is 10.0. The quantitative estimate of drug-likeness (QED) is 0.479. The summed E-state index contributed by atoms with van der Waals surface area (Å²) in [7, 11) is 3.28. The zero-order chi connectivity index (χ0) is 15.4. The number of hydrogen-bond acceptors (Lipinski definition) is 5. The van der Waals surface area contributed by atoms with Crippen LogP contribution in [-0.4, -0.2) is 25.4 Å². The molecule has 0 heterocycles. The molecule has 0 N–H and O–H groups in total. The monoisotopic (exact) mass is 286 g/mol. The number of carbonyl (C=O) groups excluding carboxylic acids is 1. The van der Waals surface area contributed by atoms with Crippen molar-refractivity contribution in [3.05, 3.63) is 58.1 Å². The van der Waals surface area contributed by atoms with Crippen molar-refractivity contribution in [2.45, 2.75) is 0 Å². The molecule has 0 aliphatic heterocycles. The summed E-state index contributed by atoms with van der Waals surface area (Å²) in [5.74, 6) is 0.659. The summed E-state index contributed by atoms with van der Waals surface area (Å²) in [4.78, 5) is 23.1. The second-order valence-electron chi connectivity index (χ2n) is 4.38. The maximum atomic E-state index is 11.2. The van der Waals surface area contributed by atoms with Gasteiger partial charge in [0.05, 0.1) is 12.0 Å². The fourth-order valence-corrected chi connectivity index (χ4v) is 2.00. The highest BCUT2D eigenvalue weighted by atomic mass is 16.6. The van der Waals surface area contributed by atoms with E-state index >= 15 is 0 Å². The average Bonchev–Trinajstić information content (AvgIpc) is 2.53. The minimum absolute atomic E-state index is 0.120. The van der Waals surface area contributed by atoms with Gasteiger partial charge in [0.2, 0.25) is 0 Å². The Balaban J connectivity index is 2.49. The molecular weight excluding hydrogens is 272 g/mol. The topological polar surface area (TPSA) is 72.7 Å². The van der Waals surface area contributed by atoms with E-state index in [2.05, 4.69) is 0 Å². The highest BCUT2D eigenvalue weighted by molar-refractivity contribution is 5.81. The molecule has 0 radical (unpaired) electrons. The molecule has 2 aromatic rings. The van der Waals surface area contributed by atoms with Gasteiger partial charge in [-0.25, -0.2) is 0 Å². The lowest BCUT2D eigenvalue weighted by molar-refractivity contribution is -0.384. The van der Waals surface area contributed by atoms with E-state index in [1.165, 1.54) is 6.07 Å². The first kappa shape index (κ1) is 14.5. The average molecular weight is 286 g/mol. The van der Waals surface area contributed by atoms with Crippen LogP contribution in [0.4, 0.5) is 17.1 Å². The highest BCUT2D eigenvalue weighted by Gasteiger charge is 2.19. The van der Waals surface area contributed by atoms with Crippen LogP contribution in [-0.2, 0) is 0 Å². The first-order valence-corrected chi connectivity index (χ1v) is 6.18. The van der Waals surface area contributed by atoms with Crippen LogP contribution in [0.1, 0.15) is 10.4 Å². The zero-order valence-corrected chi connectivity index (χ0v) is 11.6. The van der Waals surface area contributed by atoms with Crippen molar-refractivity contribution in [3.8, 4) is 5.75 Å². The molecule has 6 heteroatoms. The number of rotatable bonds is 5. The van der Waals surface area contributed by atoms with Crippen molar-refractivity contribution >= 4 is 23.3 Å². The molecule has 0 unspecified atom stereocenters. The number of nitrogens with zero attached hydrogens (tertiary/aromatic N) is 2. The van der Waals surface area contributed by atoms with E-state index in [1.54, 1.807) is 49.4 Å². The van der Waals surface area contributed by atoms with Crippen LogP contribution in [0.25, 0.3) is 0 Å². The number of ether oxygens (including phenoxy) is 1. The third kappa shape index (κ3) is 3.00. The van der Waals surface area contributed by atoms with Gasteiger partial charge >= 0.3 is 0 Å². The Kier molecular flexibility index (Phi) is 4.18. The molecule has 0 amide bonds. The van der Waals surface area contributed by atoms with Gasteiger partial charge in [-0.1, -0.05) is 6.07 Å². The molecule has 2 rings (SSSR count). The minimum Gasteiger partial charge on any atom is -0.497 e. The van der Waals surface area contributed by atoms with E-state index in [4.69, 9.17) is 4.74 Å². The van der Waals surface area contributed by atoms with Crippen molar-refractivity contribution in [2.75, 3.05) is 19.1 Å². The summed E-state index contributed by atoms with van der Waals surface area (Å²) in [6.07, 6.45) is 0.586. The zero-order valence-electron chi connectivity index (χ0n) is 11.6. The van der Waals surface area contributed by atoms with Crippen molar-refractivity contribution in [2.24, 2.45) is 0 Å². The number of carbonyl (C=O) groups is 1.